The van der Waals surface area contributed by atoms with Crippen molar-refractivity contribution in [1.82, 2.24) is 9.21 Å². The van der Waals surface area contributed by atoms with Crippen molar-refractivity contribution in [1.29, 1.82) is 0 Å². The molecule has 8 heteroatoms. The van der Waals surface area contributed by atoms with Crippen molar-refractivity contribution in [2.24, 2.45) is 0 Å². The predicted molar refractivity (Wildman–Crippen MR) is 114 cm³/mol. The first-order chi connectivity index (χ1) is 14.4. The van der Waals surface area contributed by atoms with Gasteiger partial charge in [0, 0.05) is 37.3 Å². The van der Waals surface area contributed by atoms with Gasteiger partial charge in [-0.15, -0.1) is 0 Å². The number of sulfonamides is 1. The van der Waals surface area contributed by atoms with Gasteiger partial charge in [0.05, 0.1) is 4.90 Å². The number of benzene rings is 2. The number of rotatable bonds is 8. The van der Waals surface area contributed by atoms with Crippen molar-refractivity contribution in [2.45, 2.75) is 32.2 Å². The lowest BCUT2D eigenvalue weighted by atomic mass is 10.1. The zero-order valence-electron chi connectivity index (χ0n) is 17.6. The minimum absolute atomic E-state index is 0.127. The Bertz CT molecular complexity index is 1000. The van der Waals surface area contributed by atoms with Crippen molar-refractivity contribution in [3.63, 3.8) is 0 Å². The average molecular weight is 433 g/mol. The van der Waals surface area contributed by atoms with Gasteiger partial charge in [-0.05, 0) is 31.2 Å². The Kier molecular flexibility index (Phi) is 6.99. The van der Waals surface area contributed by atoms with Crippen molar-refractivity contribution in [3.8, 4) is 11.5 Å². The molecule has 162 valence electrons. The second-order valence-corrected chi connectivity index (χ2v) is 8.82. The lowest BCUT2D eigenvalue weighted by Crippen LogP contribution is -2.32. The molecule has 0 radical (unpaired) electrons. The molecular formula is C22H28N2O5S. The third kappa shape index (κ3) is 4.44. The SMILES string of the molecule is CCN(Cc1cccc2c1OCCO2)C(=O)c1cccc(S(=O)(=O)N(CC)CC)c1. The molecule has 2 aromatic rings. The van der Waals surface area contributed by atoms with E-state index < -0.39 is 10.0 Å². The highest BCUT2D eigenvalue weighted by atomic mass is 32.2. The zero-order valence-corrected chi connectivity index (χ0v) is 18.4. The molecule has 2 aromatic carbocycles. The fourth-order valence-electron chi connectivity index (χ4n) is 3.48. The van der Waals surface area contributed by atoms with Crippen LogP contribution >= 0.6 is 0 Å². The van der Waals surface area contributed by atoms with Crippen molar-refractivity contribution < 1.29 is 22.7 Å². The summed E-state index contributed by atoms with van der Waals surface area (Å²) in [6.45, 7) is 8.00. The minimum atomic E-state index is -3.63. The molecule has 0 bridgehead atoms. The molecule has 1 aliphatic heterocycles. The highest BCUT2D eigenvalue weighted by Crippen LogP contribution is 2.34. The van der Waals surface area contributed by atoms with Gasteiger partial charge in [-0.25, -0.2) is 8.42 Å². The normalized spacial score (nSPS) is 13.3. The van der Waals surface area contributed by atoms with Crippen LogP contribution in [0.15, 0.2) is 47.4 Å². The molecule has 0 spiro atoms. The summed E-state index contributed by atoms with van der Waals surface area (Å²) in [7, 11) is -3.63. The third-order valence-electron chi connectivity index (χ3n) is 5.10. The van der Waals surface area contributed by atoms with E-state index in [1.165, 1.54) is 16.4 Å². The molecule has 7 nitrogen and oxygen atoms in total. The largest absolute Gasteiger partial charge is 0.486 e. The Morgan fingerprint density at radius 1 is 0.967 bits per heavy atom. The van der Waals surface area contributed by atoms with Gasteiger partial charge in [0.1, 0.15) is 13.2 Å². The van der Waals surface area contributed by atoms with E-state index >= 15 is 0 Å². The molecule has 1 aliphatic rings. The van der Waals surface area contributed by atoms with E-state index in [-0.39, 0.29) is 10.8 Å². The van der Waals surface area contributed by atoms with E-state index in [9.17, 15) is 13.2 Å². The number of nitrogens with zero attached hydrogens (tertiary/aromatic N) is 2. The lowest BCUT2D eigenvalue weighted by molar-refractivity contribution is 0.0749. The number of para-hydroxylation sites is 1. The smallest absolute Gasteiger partial charge is 0.254 e. The van der Waals surface area contributed by atoms with Gasteiger partial charge >= 0.3 is 0 Å². The van der Waals surface area contributed by atoms with Crippen molar-refractivity contribution in [2.75, 3.05) is 32.8 Å². The summed E-state index contributed by atoms with van der Waals surface area (Å²) in [6, 6.07) is 11.9. The molecule has 0 unspecified atom stereocenters. The number of hydrogen-bond donors (Lipinski definition) is 0. The number of ether oxygens (including phenoxy) is 2. The van der Waals surface area contributed by atoms with Crippen LogP contribution < -0.4 is 9.47 Å². The second-order valence-electron chi connectivity index (χ2n) is 6.88. The van der Waals surface area contributed by atoms with Crippen LogP contribution in [0, 0.1) is 0 Å². The molecule has 0 aliphatic carbocycles. The summed E-state index contributed by atoms with van der Waals surface area (Å²) in [5, 5.41) is 0. The van der Waals surface area contributed by atoms with Gasteiger partial charge < -0.3 is 14.4 Å². The van der Waals surface area contributed by atoms with E-state index in [1.54, 1.807) is 30.9 Å². The Hall–Kier alpha value is -2.58. The van der Waals surface area contributed by atoms with Gasteiger partial charge in [0.2, 0.25) is 10.0 Å². The summed E-state index contributed by atoms with van der Waals surface area (Å²) in [6.07, 6.45) is 0. The van der Waals surface area contributed by atoms with Gasteiger partial charge in [0.15, 0.2) is 11.5 Å². The fourth-order valence-corrected chi connectivity index (χ4v) is 4.98. The molecule has 1 amide bonds. The van der Waals surface area contributed by atoms with Crippen LogP contribution in [0.4, 0.5) is 0 Å². The van der Waals surface area contributed by atoms with Crippen molar-refractivity contribution >= 4 is 15.9 Å². The topological polar surface area (TPSA) is 76.1 Å². The van der Waals surface area contributed by atoms with Gasteiger partial charge in [0.25, 0.3) is 5.91 Å². The summed E-state index contributed by atoms with van der Waals surface area (Å²) >= 11 is 0. The first kappa shape index (κ1) is 22.1. The van der Waals surface area contributed by atoms with Gasteiger partial charge in [-0.1, -0.05) is 32.0 Å². The van der Waals surface area contributed by atoms with Crippen LogP contribution in [0.3, 0.4) is 0 Å². The Morgan fingerprint density at radius 2 is 1.67 bits per heavy atom. The van der Waals surface area contributed by atoms with Crippen LogP contribution in [-0.2, 0) is 16.6 Å². The van der Waals surface area contributed by atoms with Crippen LogP contribution in [0.1, 0.15) is 36.7 Å². The molecule has 1 heterocycles. The molecule has 0 N–H and O–H groups in total. The molecule has 0 atom stereocenters. The number of amides is 1. The van der Waals surface area contributed by atoms with E-state index in [0.29, 0.717) is 56.5 Å². The van der Waals surface area contributed by atoms with Crippen LogP contribution in [-0.4, -0.2) is 56.4 Å². The minimum Gasteiger partial charge on any atom is -0.486 e. The summed E-state index contributed by atoms with van der Waals surface area (Å²) in [5.41, 5.74) is 1.20. The van der Waals surface area contributed by atoms with Gasteiger partial charge in [-0.2, -0.15) is 4.31 Å². The third-order valence-corrected chi connectivity index (χ3v) is 7.15. The molecule has 30 heavy (non-hydrogen) atoms. The molecule has 0 saturated heterocycles. The highest BCUT2D eigenvalue weighted by Gasteiger charge is 2.24. The molecule has 3 rings (SSSR count). The van der Waals surface area contributed by atoms with Crippen LogP contribution in [0.2, 0.25) is 0 Å². The first-order valence-corrected chi connectivity index (χ1v) is 11.6. The van der Waals surface area contributed by atoms with E-state index in [0.717, 1.165) is 5.56 Å². The van der Waals surface area contributed by atoms with Crippen LogP contribution in [0.25, 0.3) is 0 Å². The highest BCUT2D eigenvalue weighted by molar-refractivity contribution is 7.89. The van der Waals surface area contributed by atoms with Crippen LogP contribution in [0.5, 0.6) is 11.5 Å². The molecular weight excluding hydrogens is 404 g/mol. The Morgan fingerprint density at radius 3 is 2.37 bits per heavy atom. The maximum absolute atomic E-state index is 13.2. The number of carbonyl (C=O) groups excluding carboxylic acids is 1. The van der Waals surface area contributed by atoms with Gasteiger partial charge in [-0.3, -0.25) is 4.79 Å². The number of fused-ring (bicyclic) bond motifs is 1. The quantitative estimate of drug-likeness (QED) is 0.641. The Balaban J connectivity index is 1.87. The fraction of sp³-hybridized carbons (Fsp3) is 0.409. The number of hydrogen-bond acceptors (Lipinski definition) is 5. The second kappa shape index (κ2) is 9.49. The summed E-state index contributed by atoms with van der Waals surface area (Å²) in [4.78, 5) is 15.0. The van der Waals surface area contributed by atoms with E-state index in [4.69, 9.17) is 9.47 Å². The van der Waals surface area contributed by atoms with E-state index in [2.05, 4.69) is 0 Å². The maximum atomic E-state index is 13.2. The lowest BCUT2D eigenvalue weighted by Gasteiger charge is -2.25. The zero-order chi connectivity index (χ0) is 21.7. The summed E-state index contributed by atoms with van der Waals surface area (Å²) < 4.78 is 38.4. The number of carbonyl (C=O) groups is 1. The van der Waals surface area contributed by atoms with Crippen molar-refractivity contribution in [3.05, 3.63) is 53.6 Å². The first-order valence-electron chi connectivity index (χ1n) is 10.2. The monoisotopic (exact) mass is 432 g/mol. The molecule has 0 aromatic heterocycles. The molecule has 0 fully saturated rings. The standard InChI is InChI=1S/C22H28N2O5S/c1-4-23(16-18-10-8-12-20-21(18)29-14-13-28-20)22(25)17-9-7-11-19(15-17)30(26,27)24(5-2)6-3/h7-12,15H,4-6,13-14,16H2,1-3H3. The summed E-state index contributed by atoms with van der Waals surface area (Å²) in [5.74, 6) is 1.10. The van der Waals surface area contributed by atoms with E-state index in [1.807, 2.05) is 25.1 Å². The predicted octanol–water partition coefficient (Wildman–Crippen LogP) is 3.15. The Labute approximate surface area is 178 Å². The average Bonchev–Trinajstić information content (AvgIpc) is 2.77. The molecule has 0 saturated carbocycles. The maximum Gasteiger partial charge on any atom is 0.254 e.